The van der Waals surface area contributed by atoms with Gasteiger partial charge in [-0.05, 0) is 5.56 Å². The smallest absolute Gasteiger partial charge is 0.359 e. The van der Waals surface area contributed by atoms with Crippen molar-refractivity contribution in [2.45, 2.75) is 6.42 Å². The molecular formula is C14H13N3O2S. The summed E-state index contributed by atoms with van der Waals surface area (Å²) in [6.45, 7) is 0. The number of nitrogens with one attached hydrogen (secondary N) is 1. The lowest BCUT2D eigenvalue weighted by Crippen LogP contribution is -2.04. The van der Waals surface area contributed by atoms with Gasteiger partial charge in [0, 0.05) is 12.5 Å². The van der Waals surface area contributed by atoms with E-state index in [0.717, 1.165) is 16.9 Å². The number of nitrogen functional groups attached to an aromatic ring is 1. The van der Waals surface area contributed by atoms with E-state index >= 15 is 0 Å². The number of nitrogens with zero attached hydrogens (tertiary/aromatic N) is 1. The van der Waals surface area contributed by atoms with E-state index in [4.69, 9.17) is 5.73 Å². The summed E-state index contributed by atoms with van der Waals surface area (Å²) in [5.41, 5.74) is 6.86. The molecule has 0 amide bonds. The molecule has 0 aliphatic carbocycles. The van der Waals surface area contributed by atoms with Gasteiger partial charge in [0.2, 0.25) is 0 Å². The molecule has 0 aliphatic heterocycles. The molecule has 3 N–H and O–H groups in total. The lowest BCUT2D eigenvalue weighted by molar-refractivity contribution is 0.0596. The highest BCUT2D eigenvalue weighted by Gasteiger charge is 2.17. The highest BCUT2D eigenvalue weighted by Crippen LogP contribution is 2.26. The second-order valence-corrected chi connectivity index (χ2v) is 4.84. The van der Waals surface area contributed by atoms with Crippen LogP contribution in [0.4, 0.5) is 10.1 Å². The Labute approximate surface area is 120 Å². The molecule has 0 radical (unpaired) electrons. The van der Waals surface area contributed by atoms with Crippen molar-refractivity contribution in [1.82, 2.24) is 4.98 Å². The van der Waals surface area contributed by atoms with Gasteiger partial charge >= 0.3 is 5.97 Å². The number of nitrogens with two attached hydrogens (primary N) is 1. The molecule has 6 heteroatoms. The molecular weight excluding hydrogens is 274 g/mol. The van der Waals surface area contributed by atoms with Gasteiger partial charge in [-0.3, -0.25) is 0 Å². The molecule has 20 heavy (non-hydrogen) atoms. The number of esters is 1. The van der Waals surface area contributed by atoms with E-state index in [9.17, 15) is 4.79 Å². The monoisotopic (exact) mass is 287 g/mol. The van der Waals surface area contributed by atoms with Gasteiger partial charge < -0.3 is 15.8 Å². The molecule has 0 aliphatic rings. The number of ether oxygens (including phenoxy) is 1. The standard InChI is InChI=1S/C14H13N3O2S/c1-19-13(18)11-12(20-14(15)17-11)16-9-5-8-10-6-3-2-4-7-10/h2-4,6-7,16H,8H2,1H3,(H2,15,17). The average Bonchev–Trinajstić information content (AvgIpc) is 2.85. The Bertz CT molecular complexity index is 656. The summed E-state index contributed by atoms with van der Waals surface area (Å²) in [6, 6.07) is 12.7. The zero-order valence-electron chi connectivity index (χ0n) is 10.8. The second-order valence-electron chi connectivity index (χ2n) is 3.81. The summed E-state index contributed by atoms with van der Waals surface area (Å²) in [5, 5.41) is 3.62. The van der Waals surface area contributed by atoms with Gasteiger partial charge in [0.15, 0.2) is 10.8 Å². The largest absolute Gasteiger partial charge is 0.464 e. The third-order valence-corrected chi connectivity index (χ3v) is 3.22. The number of carbonyl (C=O) groups is 1. The minimum Gasteiger partial charge on any atom is -0.464 e. The third-order valence-electron chi connectivity index (χ3n) is 2.42. The lowest BCUT2D eigenvalue weighted by atomic mass is 10.2. The highest BCUT2D eigenvalue weighted by molar-refractivity contribution is 7.19. The minimum absolute atomic E-state index is 0.156. The third kappa shape index (κ3) is 3.49. The molecule has 2 rings (SSSR count). The van der Waals surface area contributed by atoms with E-state index in [1.807, 2.05) is 30.3 Å². The van der Waals surface area contributed by atoms with Gasteiger partial charge in [-0.15, -0.1) is 0 Å². The van der Waals surface area contributed by atoms with Gasteiger partial charge in [0.1, 0.15) is 5.00 Å². The highest BCUT2D eigenvalue weighted by atomic mass is 32.1. The van der Waals surface area contributed by atoms with Crippen LogP contribution in [-0.4, -0.2) is 18.1 Å². The zero-order valence-corrected chi connectivity index (χ0v) is 11.7. The molecule has 1 aromatic heterocycles. The number of anilines is 2. The van der Waals surface area contributed by atoms with E-state index < -0.39 is 5.97 Å². The van der Waals surface area contributed by atoms with Gasteiger partial charge in [0.25, 0.3) is 0 Å². The Kier molecular flexibility index (Phi) is 4.58. The molecule has 0 fully saturated rings. The zero-order chi connectivity index (χ0) is 14.4. The predicted octanol–water partition coefficient (Wildman–Crippen LogP) is 2.13. The van der Waals surface area contributed by atoms with Crippen molar-refractivity contribution in [2.75, 3.05) is 18.2 Å². The van der Waals surface area contributed by atoms with Crippen molar-refractivity contribution in [3.8, 4) is 12.0 Å². The first-order chi connectivity index (χ1) is 9.70. The van der Waals surface area contributed by atoms with Crippen LogP contribution in [0, 0.1) is 12.0 Å². The molecule has 102 valence electrons. The first kappa shape index (κ1) is 13.9. The fourth-order valence-electron chi connectivity index (χ4n) is 1.50. The summed E-state index contributed by atoms with van der Waals surface area (Å²) in [6.07, 6.45) is 0.621. The Hall–Kier alpha value is -2.52. The molecule has 2 aromatic rings. The van der Waals surface area contributed by atoms with E-state index in [0.29, 0.717) is 11.4 Å². The topological polar surface area (TPSA) is 77.2 Å². The Morgan fingerprint density at radius 3 is 2.90 bits per heavy atom. The molecule has 0 saturated carbocycles. The van der Waals surface area contributed by atoms with Crippen LogP contribution >= 0.6 is 11.3 Å². The van der Waals surface area contributed by atoms with Crippen molar-refractivity contribution >= 4 is 27.4 Å². The number of benzene rings is 1. The molecule has 0 spiro atoms. The SMILES string of the molecule is COC(=O)c1nc(N)sc1NC#CCc1ccccc1. The summed E-state index contributed by atoms with van der Waals surface area (Å²) in [5.74, 6) is 2.43. The summed E-state index contributed by atoms with van der Waals surface area (Å²) in [4.78, 5) is 15.4. The molecule has 0 bridgehead atoms. The summed E-state index contributed by atoms with van der Waals surface area (Å²) in [7, 11) is 1.29. The lowest BCUT2D eigenvalue weighted by Gasteiger charge is -1.97. The normalized spacial score (nSPS) is 9.45. The number of thiazole rings is 1. The summed E-state index contributed by atoms with van der Waals surface area (Å²) < 4.78 is 4.63. The average molecular weight is 287 g/mol. The fourth-order valence-corrected chi connectivity index (χ4v) is 2.17. The Morgan fingerprint density at radius 2 is 2.20 bits per heavy atom. The van der Waals surface area contributed by atoms with Crippen LogP contribution in [-0.2, 0) is 11.2 Å². The van der Waals surface area contributed by atoms with Crippen molar-refractivity contribution in [3.05, 3.63) is 41.6 Å². The van der Waals surface area contributed by atoms with Gasteiger partial charge in [0.05, 0.1) is 7.11 Å². The van der Waals surface area contributed by atoms with E-state index in [2.05, 4.69) is 27.0 Å². The van der Waals surface area contributed by atoms with E-state index in [1.165, 1.54) is 7.11 Å². The number of rotatable bonds is 3. The predicted molar refractivity (Wildman–Crippen MR) is 79.4 cm³/mol. The quantitative estimate of drug-likeness (QED) is 0.514. The Balaban J connectivity index is 2.03. The van der Waals surface area contributed by atoms with Crippen LogP contribution in [0.3, 0.4) is 0 Å². The maximum atomic E-state index is 11.5. The van der Waals surface area contributed by atoms with Crippen LogP contribution in [0.1, 0.15) is 16.1 Å². The maximum Gasteiger partial charge on any atom is 0.359 e. The van der Waals surface area contributed by atoms with Crippen molar-refractivity contribution in [1.29, 1.82) is 0 Å². The van der Waals surface area contributed by atoms with Gasteiger partial charge in [-0.25, -0.2) is 9.78 Å². The van der Waals surface area contributed by atoms with E-state index in [-0.39, 0.29) is 10.8 Å². The first-order valence-electron chi connectivity index (χ1n) is 5.83. The first-order valence-corrected chi connectivity index (χ1v) is 6.64. The number of aromatic nitrogens is 1. The number of hydrogen-bond donors (Lipinski definition) is 2. The summed E-state index contributed by atoms with van der Waals surface area (Å²) >= 11 is 1.16. The molecule has 0 saturated heterocycles. The van der Waals surface area contributed by atoms with Crippen molar-refractivity contribution < 1.29 is 9.53 Å². The number of carbonyl (C=O) groups excluding carboxylic acids is 1. The van der Waals surface area contributed by atoms with E-state index in [1.54, 1.807) is 0 Å². The van der Waals surface area contributed by atoms with Crippen molar-refractivity contribution in [3.63, 3.8) is 0 Å². The van der Waals surface area contributed by atoms with Crippen LogP contribution < -0.4 is 11.1 Å². The molecule has 0 unspecified atom stereocenters. The Morgan fingerprint density at radius 1 is 1.45 bits per heavy atom. The fraction of sp³-hybridized carbons (Fsp3) is 0.143. The minimum atomic E-state index is -0.537. The molecule has 1 aromatic carbocycles. The maximum absolute atomic E-state index is 11.5. The number of hydrogen-bond acceptors (Lipinski definition) is 6. The van der Waals surface area contributed by atoms with Crippen molar-refractivity contribution in [2.24, 2.45) is 0 Å². The second kappa shape index (κ2) is 6.59. The molecule has 1 heterocycles. The molecule has 0 atom stereocenters. The van der Waals surface area contributed by atoms with Crippen LogP contribution in [0.15, 0.2) is 30.3 Å². The van der Waals surface area contributed by atoms with Gasteiger partial charge in [-0.2, -0.15) is 0 Å². The molecule has 5 nitrogen and oxygen atoms in total. The number of methoxy groups -OCH3 is 1. The van der Waals surface area contributed by atoms with Crippen LogP contribution in [0.25, 0.3) is 0 Å². The van der Waals surface area contributed by atoms with Crippen LogP contribution in [0.5, 0.6) is 0 Å². The van der Waals surface area contributed by atoms with Gasteiger partial charge in [-0.1, -0.05) is 47.6 Å². The van der Waals surface area contributed by atoms with Crippen LogP contribution in [0.2, 0.25) is 0 Å².